The summed E-state index contributed by atoms with van der Waals surface area (Å²) in [5.74, 6) is 0.800. The second-order valence-electron chi connectivity index (χ2n) is 4.86. The van der Waals surface area contributed by atoms with Gasteiger partial charge in [-0.2, -0.15) is 0 Å². The zero-order valence-corrected chi connectivity index (χ0v) is 13.0. The predicted molar refractivity (Wildman–Crippen MR) is 85.2 cm³/mol. The third kappa shape index (κ3) is 2.91. The number of benzene rings is 2. The molecule has 122 valence electrons. The van der Waals surface area contributed by atoms with Crippen LogP contribution in [0.15, 0.2) is 46.9 Å². The van der Waals surface area contributed by atoms with Gasteiger partial charge in [0.1, 0.15) is 0 Å². The van der Waals surface area contributed by atoms with Crippen LogP contribution in [0, 0.1) is 0 Å². The molecule has 0 aliphatic heterocycles. The summed E-state index contributed by atoms with van der Waals surface area (Å²) in [6, 6.07) is 11.5. The third-order valence-corrected chi connectivity index (χ3v) is 3.43. The van der Waals surface area contributed by atoms with Gasteiger partial charge in [0.05, 0.1) is 19.8 Å². The fraction of sp³-hybridized carbons (Fsp3) is 0.118. The molecule has 7 nitrogen and oxygen atoms in total. The van der Waals surface area contributed by atoms with E-state index in [9.17, 15) is 4.79 Å². The number of ether oxygens (including phenoxy) is 2. The Morgan fingerprint density at radius 2 is 1.50 bits per heavy atom. The zero-order valence-electron chi connectivity index (χ0n) is 13.0. The monoisotopic (exact) mass is 326 g/mol. The van der Waals surface area contributed by atoms with Crippen LogP contribution in [0.2, 0.25) is 0 Å². The summed E-state index contributed by atoms with van der Waals surface area (Å²) in [7, 11) is 3.11. The Hall–Kier alpha value is -3.35. The van der Waals surface area contributed by atoms with Crippen molar-refractivity contribution in [1.29, 1.82) is 0 Å². The van der Waals surface area contributed by atoms with Crippen LogP contribution in [0.1, 0.15) is 10.4 Å². The summed E-state index contributed by atoms with van der Waals surface area (Å²) in [5.41, 5.74) is 1.52. The normalized spacial score (nSPS) is 10.4. The summed E-state index contributed by atoms with van der Waals surface area (Å²) in [6.07, 6.45) is 0. The van der Waals surface area contributed by atoms with Crippen molar-refractivity contribution >= 4 is 5.97 Å². The number of rotatable bonds is 5. The first-order valence-corrected chi connectivity index (χ1v) is 7.02. The van der Waals surface area contributed by atoms with E-state index in [1.54, 1.807) is 44.6 Å². The van der Waals surface area contributed by atoms with E-state index >= 15 is 0 Å². The average molecular weight is 326 g/mol. The van der Waals surface area contributed by atoms with Crippen LogP contribution in [-0.4, -0.2) is 35.5 Å². The fourth-order valence-electron chi connectivity index (χ4n) is 2.18. The molecule has 0 unspecified atom stereocenters. The van der Waals surface area contributed by atoms with Gasteiger partial charge in [0.15, 0.2) is 11.5 Å². The maximum atomic E-state index is 10.9. The summed E-state index contributed by atoms with van der Waals surface area (Å²) < 4.78 is 16.1. The molecule has 3 rings (SSSR count). The molecule has 1 heterocycles. The smallest absolute Gasteiger partial charge is 0.335 e. The van der Waals surface area contributed by atoms with Crippen molar-refractivity contribution in [2.45, 2.75) is 0 Å². The Morgan fingerprint density at radius 1 is 0.917 bits per heavy atom. The molecule has 1 aromatic heterocycles. The number of nitrogens with zero attached hydrogens (tertiary/aromatic N) is 2. The Bertz CT molecular complexity index is 871. The van der Waals surface area contributed by atoms with E-state index in [4.69, 9.17) is 19.0 Å². The van der Waals surface area contributed by atoms with Gasteiger partial charge >= 0.3 is 5.97 Å². The summed E-state index contributed by atoms with van der Waals surface area (Å²) in [5, 5.41) is 16.9. The molecule has 24 heavy (non-hydrogen) atoms. The first-order valence-electron chi connectivity index (χ1n) is 7.02. The van der Waals surface area contributed by atoms with Gasteiger partial charge in [0.25, 0.3) is 0 Å². The molecule has 0 aliphatic rings. The standard InChI is InChI=1S/C17H14N2O5/c1-22-13-8-7-12(9-14(13)23-2)16-19-18-15(24-16)10-3-5-11(6-4-10)17(20)21/h3-9H,1-2H3,(H,20,21). The minimum absolute atomic E-state index is 0.193. The van der Waals surface area contributed by atoms with E-state index in [0.717, 1.165) is 0 Å². The van der Waals surface area contributed by atoms with Crippen LogP contribution in [0.3, 0.4) is 0 Å². The number of carboxylic acids is 1. The maximum absolute atomic E-state index is 10.9. The van der Waals surface area contributed by atoms with Gasteiger partial charge in [-0.05, 0) is 42.5 Å². The summed E-state index contributed by atoms with van der Waals surface area (Å²) in [4.78, 5) is 10.9. The Morgan fingerprint density at radius 3 is 2.08 bits per heavy atom. The third-order valence-electron chi connectivity index (χ3n) is 3.43. The number of hydrogen-bond donors (Lipinski definition) is 1. The molecule has 7 heteroatoms. The number of methoxy groups -OCH3 is 2. The fourth-order valence-corrected chi connectivity index (χ4v) is 2.18. The van der Waals surface area contributed by atoms with Gasteiger partial charge in [-0.25, -0.2) is 4.79 Å². The molecule has 3 aromatic rings. The topological polar surface area (TPSA) is 94.7 Å². The number of carbonyl (C=O) groups is 1. The van der Waals surface area contributed by atoms with Gasteiger partial charge in [0, 0.05) is 11.1 Å². The van der Waals surface area contributed by atoms with Crippen molar-refractivity contribution < 1.29 is 23.8 Å². The molecule has 0 aliphatic carbocycles. The highest BCUT2D eigenvalue weighted by Crippen LogP contribution is 2.32. The van der Waals surface area contributed by atoms with Crippen molar-refractivity contribution in [3.63, 3.8) is 0 Å². The molecule has 0 bridgehead atoms. The van der Waals surface area contributed by atoms with Crippen LogP contribution in [0.4, 0.5) is 0 Å². The molecule has 0 spiro atoms. The van der Waals surface area contributed by atoms with Gasteiger partial charge < -0.3 is 19.0 Å². The molecule has 1 N–H and O–H groups in total. The molecular formula is C17H14N2O5. The Balaban J connectivity index is 1.91. The second kappa shape index (κ2) is 6.41. The molecular weight excluding hydrogens is 312 g/mol. The van der Waals surface area contributed by atoms with Crippen molar-refractivity contribution in [1.82, 2.24) is 10.2 Å². The van der Waals surface area contributed by atoms with E-state index in [0.29, 0.717) is 34.4 Å². The lowest BCUT2D eigenvalue weighted by Gasteiger charge is -2.07. The Labute approximate surface area is 137 Å². The van der Waals surface area contributed by atoms with E-state index in [1.165, 1.54) is 12.1 Å². The molecule has 0 fully saturated rings. The van der Waals surface area contributed by atoms with E-state index < -0.39 is 5.97 Å². The van der Waals surface area contributed by atoms with E-state index in [1.807, 2.05) is 0 Å². The quantitative estimate of drug-likeness (QED) is 0.769. The Kier molecular flexibility index (Phi) is 4.15. The SMILES string of the molecule is COc1ccc(-c2nnc(-c3ccc(C(=O)O)cc3)o2)cc1OC. The number of aromatic nitrogens is 2. The minimum Gasteiger partial charge on any atom is -0.493 e. The zero-order chi connectivity index (χ0) is 17.1. The highest BCUT2D eigenvalue weighted by Gasteiger charge is 2.13. The maximum Gasteiger partial charge on any atom is 0.335 e. The van der Waals surface area contributed by atoms with Crippen LogP contribution < -0.4 is 9.47 Å². The summed E-state index contributed by atoms with van der Waals surface area (Å²) >= 11 is 0. The van der Waals surface area contributed by atoms with Crippen LogP contribution in [0.5, 0.6) is 11.5 Å². The van der Waals surface area contributed by atoms with Gasteiger partial charge in [-0.1, -0.05) is 0 Å². The largest absolute Gasteiger partial charge is 0.493 e. The first-order chi connectivity index (χ1) is 11.6. The predicted octanol–water partition coefficient (Wildman–Crippen LogP) is 3.12. The molecule has 0 saturated carbocycles. The van der Waals surface area contributed by atoms with Crippen molar-refractivity contribution in [3.8, 4) is 34.4 Å². The number of aromatic carboxylic acids is 1. The van der Waals surface area contributed by atoms with Crippen LogP contribution >= 0.6 is 0 Å². The van der Waals surface area contributed by atoms with E-state index in [2.05, 4.69) is 10.2 Å². The van der Waals surface area contributed by atoms with Gasteiger partial charge in [-0.3, -0.25) is 0 Å². The molecule has 0 amide bonds. The van der Waals surface area contributed by atoms with Crippen molar-refractivity contribution in [3.05, 3.63) is 48.0 Å². The highest BCUT2D eigenvalue weighted by molar-refractivity contribution is 5.88. The number of carboxylic acid groups (broad SMARTS) is 1. The van der Waals surface area contributed by atoms with Crippen molar-refractivity contribution in [2.24, 2.45) is 0 Å². The lowest BCUT2D eigenvalue weighted by atomic mass is 10.1. The van der Waals surface area contributed by atoms with Crippen LogP contribution in [-0.2, 0) is 0 Å². The van der Waals surface area contributed by atoms with Gasteiger partial charge in [-0.15, -0.1) is 10.2 Å². The summed E-state index contributed by atoms with van der Waals surface area (Å²) in [6.45, 7) is 0. The minimum atomic E-state index is -0.988. The molecule has 0 saturated heterocycles. The lowest BCUT2D eigenvalue weighted by molar-refractivity contribution is 0.0697. The van der Waals surface area contributed by atoms with E-state index in [-0.39, 0.29) is 5.56 Å². The second-order valence-corrected chi connectivity index (χ2v) is 4.86. The lowest BCUT2D eigenvalue weighted by Crippen LogP contribution is -1.94. The van der Waals surface area contributed by atoms with Crippen LogP contribution in [0.25, 0.3) is 22.9 Å². The molecule has 0 radical (unpaired) electrons. The average Bonchev–Trinajstić information content (AvgIpc) is 3.11. The van der Waals surface area contributed by atoms with Gasteiger partial charge in [0.2, 0.25) is 11.8 Å². The number of hydrogen-bond acceptors (Lipinski definition) is 6. The first kappa shape index (κ1) is 15.5. The highest BCUT2D eigenvalue weighted by atomic mass is 16.5. The molecule has 0 atom stereocenters. The van der Waals surface area contributed by atoms with Crippen molar-refractivity contribution in [2.75, 3.05) is 14.2 Å². The molecule has 2 aromatic carbocycles.